The van der Waals surface area contributed by atoms with Crippen molar-refractivity contribution in [2.45, 2.75) is 12.5 Å². The van der Waals surface area contributed by atoms with E-state index in [1.165, 1.54) is 6.08 Å². The fraction of sp³-hybridized carbons (Fsp3) is 0.556. The maximum absolute atomic E-state index is 11.1. The van der Waals surface area contributed by atoms with Crippen molar-refractivity contribution in [2.75, 3.05) is 18.6 Å². The summed E-state index contributed by atoms with van der Waals surface area (Å²) in [7, 11) is 0. The number of thioether (sulfide) groups is 1. The molecule has 0 saturated heterocycles. The van der Waals surface area contributed by atoms with Crippen molar-refractivity contribution in [3.05, 3.63) is 12.7 Å². The van der Waals surface area contributed by atoms with Crippen LogP contribution in [0.3, 0.4) is 0 Å². The summed E-state index contributed by atoms with van der Waals surface area (Å²) in [4.78, 5) is 21.9. The van der Waals surface area contributed by atoms with Gasteiger partial charge in [-0.15, -0.1) is 6.58 Å². The Morgan fingerprint density at radius 2 is 2.27 bits per heavy atom. The molecule has 0 unspecified atom stereocenters. The molecule has 2 amide bonds. The van der Waals surface area contributed by atoms with Gasteiger partial charge in [0.05, 0.1) is 0 Å². The number of aliphatic carboxylic acids is 1. The molecule has 0 aromatic rings. The van der Waals surface area contributed by atoms with E-state index < -0.39 is 18.0 Å². The van der Waals surface area contributed by atoms with Gasteiger partial charge in [-0.25, -0.2) is 9.59 Å². The minimum absolute atomic E-state index is 0.320. The highest BCUT2D eigenvalue weighted by Gasteiger charge is 2.18. The Morgan fingerprint density at radius 3 is 2.73 bits per heavy atom. The Kier molecular flexibility index (Phi) is 7.53. The summed E-state index contributed by atoms with van der Waals surface area (Å²) in [6.07, 6.45) is 3.83. The van der Waals surface area contributed by atoms with Gasteiger partial charge in [-0.1, -0.05) is 6.08 Å². The van der Waals surface area contributed by atoms with Gasteiger partial charge in [0, 0.05) is 6.54 Å². The van der Waals surface area contributed by atoms with Crippen molar-refractivity contribution in [3.63, 3.8) is 0 Å². The molecule has 6 heteroatoms. The third-order valence-corrected chi connectivity index (χ3v) is 2.26. The quantitative estimate of drug-likeness (QED) is 0.564. The van der Waals surface area contributed by atoms with Crippen molar-refractivity contribution in [2.24, 2.45) is 0 Å². The Balaban J connectivity index is 3.98. The molecule has 0 fully saturated rings. The van der Waals surface area contributed by atoms with Crippen LogP contribution in [0.1, 0.15) is 6.42 Å². The van der Waals surface area contributed by atoms with Crippen LogP contribution in [-0.2, 0) is 4.79 Å². The zero-order valence-corrected chi connectivity index (χ0v) is 9.47. The Labute approximate surface area is 93.3 Å². The lowest BCUT2D eigenvalue weighted by molar-refractivity contribution is -0.139. The number of hydrogen-bond acceptors (Lipinski definition) is 3. The summed E-state index contributed by atoms with van der Waals surface area (Å²) < 4.78 is 0. The summed E-state index contributed by atoms with van der Waals surface area (Å²) in [5.41, 5.74) is 0. The first kappa shape index (κ1) is 13.8. The molecule has 5 nitrogen and oxygen atoms in total. The number of carboxylic acids is 1. The van der Waals surface area contributed by atoms with Crippen molar-refractivity contribution < 1.29 is 14.7 Å². The molecule has 0 aromatic heterocycles. The second kappa shape index (κ2) is 8.16. The second-order valence-corrected chi connectivity index (χ2v) is 3.80. The summed E-state index contributed by atoms with van der Waals surface area (Å²) in [6, 6.07) is -1.31. The van der Waals surface area contributed by atoms with E-state index in [1.807, 2.05) is 6.26 Å². The highest BCUT2D eigenvalue weighted by molar-refractivity contribution is 7.98. The highest BCUT2D eigenvalue weighted by atomic mass is 32.2. The minimum atomic E-state index is -1.02. The first-order chi connectivity index (χ1) is 7.11. The zero-order chi connectivity index (χ0) is 11.7. The van der Waals surface area contributed by atoms with Gasteiger partial charge in [-0.05, 0) is 18.4 Å². The van der Waals surface area contributed by atoms with E-state index in [0.717, 1.165) is 0 Å². The van der Waals surface area contributed by atoms with Crippen LogP contribution in [-0.4, -0.2) is 41.7 Å². The number of rotatable bonds is 7. The molecule has 0 bridgehead atoms. The molecule has 0 rings (SSSR count). The lowest BCUT2D eigenvalue weighted by Gasteiger charge is -2.13. The molecule has 1 atom stereocenters. The molecule has 0 aliphatic carbocycles. The largest absolute Gasteiger partial charge is 0.480 e. The van der Waals surface area contributed by atoms with E-state index in [4.69, 9.17) is 5.11 Å². The molecule has 0 aromatic carbocycles. The molecule has 0 spiro atoms. The molecule has 0 aliphatic rings. The Hall–Kier alpha value is -1.17. The minimum Gasteiger partial charge on any atom is -0.480 e. The van der Waals surface area contributed by atoms with Crippen LogP contribution in [0.4, 0.5) is 4.79 Å². The monoisotopic (exact) mass is 232 g/mol. The summed E-state index contributed by atoms with van der Waals surface area (Å²) in [5, 5.41) is 13.6. The fourth-order valence-corrected chi connectivity index (χ4v) is 1.34. The third kappa shape index (κ3) is 6.84. The van der Waals surface area contributed by atoms with Gasteiger partial charge in [-0.3, -0.25) is 0 Å². The third-order valence-electron chi connectivity index (χ3n) is 1.62. The average molecular weight is 232 g/mol. The van der Waals surface area contributed by atoms with Crippen LogP contribution in [0.5, 0.6) is 0 Å². The average Bonchev–Trinajstić information content (AvgIpc) is 2.20. The van der Waals surface area contributed by atoms with Gasteiger partial charge in [0.25, 0.3) is 0 Å². The van der Waals surface area contributed by atoms with Gasteiger partial charge < -0.3 is 15.7 Å². The second-order valence-electron chi connectivity index (χ2n) is 2.82. The molecule has 0 radical (unpaired) electrons. The van der Waals surface area contributed by atoms with Crippen molar-refractivity contribution >= 4 is 23.8 Å². The smallest absolute Gasteiger partial charge is 0.326 e. The molecule has 3 N–H and O–H groups in total. The molecule has 86 valence electrons. The maximum atomic E-state index is 11.1. The van der Waals surface area contributed by atoms with E-state index in [2.05, 4.69) is 17.2 Å². The number of carboxylic acid groups (broad SMARTS) is 1. The van der Waals surface area contributed by atoms with Crippen molar-refractivity contribution in [1.82, 2.24) is 10.6 Å². The van der Waals surface area contributed by atoms with Gasteiger partial charge in [0.1, 0.15) is 6.04 Å². The van der Waals surface area contributed by atoms with Crippen molar-refractivity contribution in [1.29, 1.82) is 0 Å². The van der Waals surface area contributed by atoms with E-state index in [1.54, 1.807) is 11.8 Å². The van der Waals surface area contributed by atoms with Gasteiger partial charge in [0.2, 0.25) is 0 Å². The van der Waals surface area contributed by atoms with Crippen LogP contribution < -0.4 is 10.6 Å². The van der Waals surface area contributed by atoms with Gasteiger partial charge in [0.15, 0.2) is 0 Å². The Bertz CT molecular complexity index is 233. The lowest BCUT2D eigenvalue weighted by atomic mass is 10.2. The van der Waals surface area contributed by atoms with Crippen molar-refractivity contribution in [3.8, 4) is 0 Å². The van der Waals surface area contributed by atoms with Crippen LogP contribution in [0, 0.1) is 0 Å². The number of hydrogen-bond donors (Lipinski definition) is 3. The molecule has 0 saturated carbocycles. The predicted molar refractivity (Wildman–Crippen MR) is 61.2 cm³/mol. The molecule has 15 heavy (non-hydrogen) atoms. The summed E-state index contributed by atoms with van der Waals surface area (Å²) in [6.45, 7) is 3.75. The number of amides is 2. The van der Waals surface area contributed by atoms with E-state index in [0.29, 0.717) is 18.7 Å². The fourth-order valence-electron chi connectivity index (χ4n) is 0.867. The van der Waals surface area contributed by atoms with E-state index >= 15 is 0 Å². The maximum Gasteiger partial charge on any atom is 0.326 e. The van der Waals surface area contributed by atoms with Crippen LogP contribution in [0.2, 0.25) is 0 Å². The predicted octanol–water partition coefficient (Wildman–Crippen LogP) is 0.678. The van der Waals surface area contributed by atoms with Crippen LogP contribution in [0.15, 0.2) is 12.7 Å². The molecular formula is C9H16N2O3S. The van der Waals surface area contributed by atoms with Crippen LogP contribution >= 0.6 is 11.8 Å². The molecular weight excluding hydrogens is 216 g/mol. The van der Waals surface area contributed by atoms with Gasteiger partial charge in [-0.2, -0.15) is 11.8 Å². The van der Waals surface area contributed by atoms with E-state index in [9.17, 15) is 9.59 Å². The number of carbonyl (C=O) groups is 2. The number of nitrogens with one attached hydrogen (secondary N) is 2. The highest BCUT2D eigenvalue weighted by Crippen LogP contribution is 2.00. The molecule has 0 aliphatic heterocycles. The Morgan fingerprint density at radius 1 is 1.60 bits per heavy atom. The number of urea groups is 1. The summed E-state index contributed by atoms with van der Waals surface area (Å²) in [5.74, 6) is -0.323. The standard InChI is InChI=1S/C9H16N2O3S/c1-3-5-10-9(14)11-7(8(12)13)4-6-15-2/h3,7H,1,4-6H2,2H3,(H,12,13)(H2,10,11,14)/t7-/m1/s1. The first-order valence-electron chi connectivity index (χ1n) is 4.48. The molecule has 0 heterocycles. The lowest BCUT2D eigenvalue weighted by Crippen LogP contribution is -2.46. The zero-order valence-electron chi connectivity index (χ0n) is 8.66. The summed E-state index contributed by atoms with van der Waals surface area (Å²) >= 11 is 1.54. The SMILES string of the molecule is C=CCNC(=O)N[C@H](CCSC)C(=O)O. The number of carbonyl (C=O) groups excluding carboxylic acids is 1. The topological polar surface area (TPSA) is 78.4 Å². The van der Waals surface area contributed by atoms with Crippen LogP contribution in [0.25, 0.3) is 0 Å². The normalized spacial score (nSPS) is 11.5. The van der Waals surface area contributed by atoms with Gasteiger partial charge >= 0.3 is 12.0 Å². The van der Waals surface area contributed by atoms with E-state index in [-0.39, 0.29) is 0 Å². The first-order valence-corrected chi connectivity index (χ1v) is 5.88.